The van der Waals surface area contributed by atoms with Crippen LogP contribution in [0, 0.1) is 0 Å². The molecule has 1 unspecified atom stereocenters. The predicted octanol–water partition coefficient (Wildman–Crippen LogP) is 2.71. The van der Waals surface area contributed by atoms with Crippen molar-refractivity contribution in [2.75, 3.05) is 5.88 Å². The summed E-state index contributed by atoms with van der Waals surface area (Å²) in [6.45, 7) is 0. The average molecular weight is 263 g/mol. The van der Waals surface area contributed by atoms with Crippen LogP contribution in [0.5, 0.6) is 0 Å². The minimum absolute atomic E-state index is 0.184. The molecule has 13 heavy (non-hydrogen) atoms. The van der Waals surface area contributed by atoms with Crippen molar-refractivity contribution < 1.29 is 8.76 Å². The van der Waals surface area contributed by atoms with E-state index in [-0.39, 0.29) is 5.88 Å². The number of halogens is 1. The average Bonchev–Trinajstić information content (AvgIpc) is 2.08. The highest BCUT2D eigenvalue weighted by Crippen LogP contribution is 2.16. The van der Waals surface area contributed by atoms with Crippen LogP contribution < -0.4 is 0 Å². The summed E-state index contributed by atoms with van der Waals surface area (Å²) in [5.74, 6) is -0.184. The van der Waals surface area contributed by atoms with Crippen LogP contribution in [0.2, 0.25) is 0 Å². The first-order valence-electron chi connectivity index (χ1n) is 3.39. The molecule has 0 aliphatic rings. The van der Waals surface area contributed by atoms with Crippen LogP contribution in [0.3, 0.4) is 0 Å². The maximum atomic E-state index is 10.2. The summed E-state index contributed by atoms with van der Waals surface area (Å²) in [7, 11) is 0. The molecule has 1 aromatic carbocycles. The Labute approximate surface area is 86.5 Å². The molecule has 0 aliphatic carbocycles. The zero-order valence-electron chi connectivity index (χ0n) is 6.55. The molecular formula is C7H7BrN2O2S. The number of nitrogens with zero attached hydrogens (tertiary/aromatic N) is 2. The lowest BCUT2D eigenvalue weighted by molar-refractivity contribution is 0.564. The lowest BCUT2D eigenvalue weighted by atomic mass is 10.3. The number of benzene rings is 1. The topological polar surface area (TPSA) is 62.0 Å². The normalized spacial score (nSPS) is 13.4. The lowest BCUT2D eigenvalue weighted by Gasteiger charge is -1.91. The van der Waals surface area contributed by atoms with Gasteiger partial charge in [0.25, 0.3) is 0 Å². The molecule has 0 saturated carbocycles. The summed E-state index contributed by atoms with van der Waals surface area (Å²) < 4.78 is 19.5. The van der Waals surface area contributed by atoms with E-state index in [1.165, 1.54) is 0 Å². The Bertz CT molecular complexity index is 326. The fourth-order valence-electron chi connectivity index (χ4n) is 0.668. The minimum atomic E-state index is -1.91. The van der Waals surface area contributed by atoms with Gasteiger partial charge in [-0.25, -0.2) is 4.21 Å². The number of hydrogen-bond acceptors (Lipinski definition) is 3. The van der Waals surface area contributed by atoms with Crippen molar-refractivity contribution in [3.8, 4) is 0 Å². The Morgan fingerprint density at radius 1 is 1.38 bits per heavy atom. The van der Waals surface area contributed by atoms with Gasteiger partial charge in [0.1, 0.15) is 0 Å². The van der Waals surface area contributed by atoms with E-state index in [2.05, 4.69) is 26.2 Å². The lowest BCUT2D eigenvalue weighted by Crippen LogP contribution is -1.88. The quantitative estimate of drug-likeness (QED) is 0.673. The van der Waals surface area contributed by atoms with E-state index >= 15 is 0 Å². The van der Waals surface area contributed by atoms with Gasteiger partial charge < -0.3 is 4.55 Å². The van der Waals surface area contributed by atoms with Crippen LogP contribution in [0.4, 0.5) is 5.69 Å². The van der Waals surface area contributed by atoms with Crippen molar-refractivity contribution in [2.24, 2.45) is 10.2 Å². The second kappa shape index (κ2) is 5.21. The third-order valence-electron chi connectivity index (χ3n) is 1.18. The Balaban J connectivity index is 2.59. The van der Waals surface area contributed by atoms with Crippen LogP contribution in [-0.4, -0.2) is 14.6 Å². The predicted molar refractivity (Wildman–Crippen MR) is 54.3 cm³/mol. The molecule has 4 nitrogen and oxygen atoms in total. The number of hydrogen-bond donors (Lipinski definition) is 1. The molecule has 0 heterocycles. The molecule has 0 radical (unpaired) electrons. The van der Waals surface area contributed by atoms with Crippen molar-refractivity contribution in [3.63, 3.8) is 0 Å². The first-order valence-corrected chi connectivity index (χ1v) is 5.46. The number of rotatable bonds is 3. The fraction of sp³-hybridized carbons (Fsp3) is 0.143. The second-order valence-electron chi connectivity index (χ2n) is 2.17. The van der Waals surface area contributed by atoms with E-state index in [9.17, 15) is 4.21 Å². The zero-order valence-corrected chi connectivity index (χ0v) is 8.96. The summed E-state index contributed by atoms with van der Waals surface area (Å²) in [5, 5.41) is 7.27. The largest absolute Gasteiger partial charge is 0.305 e. The van der Waals surface area contributed by atoms with E-state index in [0.717, 1.165) is 4.47 Å². The highest BCUT2D eigenvalue weighted by molar-refractivity contribution is 9.10. The second-order valence-corrected chi connectivity index (χ2v) is 3.99. The maximum absolute atomic E-state index is 10.2. The van der Waals surface area contributed by atoms with Gasteiger partial charge >= 0.3 is 0 Å². The molecule has 0 aromatic heterocycles. The maximum Gasteiger partial charge on any atom is 0.177 e. The number of azo groups is 1. The minimum Gasteiger partial charge on any atom is -0.305 e. The van der Waals surface area contributed by atoms with Crippen molar-refractivity contribution in [1.82, 2.24) is 0 Å². The summed E-state index contributed by atoms with van der Waals surface area (Å²) in [6.07, 6.45) is 0. The summed E-state index contributed by atoms with van der Waals surface area (Å²) in [6, 6.07) is 7.16. The Morgan fingerprint density at radius 3 is 2.54 bits per heavy atom. The molecule has 0 bridgehead atoms. The summed E-state index contributed by atoms with van der Waals surface area (Å²) >= 11 is 1.36. The van der Waals surface area contributed by atoms with Crippen molar-refractivity contribution >= 4 is 32.7 Å². The molecule has 0 amide bonds. The van der Waals surface area contributed by atoms with Gasteiger partial charge in [-0.3, -0.25) is 0 Å². The van der Waals surface area contributed by atoms with Crippen molar-refractivity contribution in [2.45, 2.75) is 0 Å². The van der Waals surface area contributed by atoms with E-state index in [1.54, 1.807) is 12.1 Å². The first-order chi connectivity index (χ1) is 6.18. The summed E-state index contributed by atoms with van der Waals surface area (Å²) in [4.78, 5) is 0. The summed E-state index contributed by atoms with van der Waals surface area (Å²) in [5.41, 5.74) is 0.661. The van der Waals surface area contributed by atoms with E-state index in [1.807, 2.05) is 12.1 Å². The van der Waals surface area contributed by atoms with Crippen molar-refractivity contribution in [3.05, 3.63) is 28.7 Å². The Morgan fingerprint density at radius 2 is 2.00 bits per heavy atom. The van der Waals surface area contributed by atoms with Gasteiger partial charge in [-0.2, -0.15) is 10.2 Å². The van der Waals surface area contributed by atoms with Gasteiger partial charge in [0.05, 0.1) is 5.69 Å². The molecule has 0 spiro atoms. The highest BCUT2D eigenvalue weighted by Gasteiger charge is 1.90. The van der Waals surface area contributed by atoms with Crippen LogP contribution >= 0.6 is 15.9 Å². The van der Waals surface area contributed by atoms with Gasteiger partial charge in [-0.05, 0) is 24.3 Å². The Kier molecular flexibility index (Phi) is 4.20. The molecule has 1 rings (SSSR count). The Hall–Kier alpha value is -0.590. The molecular weight excluding hydrogens is 256 g/mol. The highest BCUT2D eigenvalue weighted by atomic mass is 79.9. The standard InChI is InChI=1S/C7H7BrN2O2S/c8-6-1-3-7(4-2-6)10-9-5-13(11)12/h1-4H,5H2,(H,11,12). The van der Waals surface area contributed by atoms with E-state index < -0.39 is 11.1 Å². The van der Waals surface area contributed by atoms with Crippen LogP contribution in [0.1, 0.15) is 0 Å². The first kappa shape index (κ1) is 10.5. The SMILES string of the molecule is O=S(O)CN=Nc1ccc(Br)cc1. The smallest absolute Gasteiger partial charge is 0.177 e. The third-order valence-corrected chi connectivity index (χ3v) is 2.05. The zero-order chi connectivity index (χ0) is 9.68. The monoisotopic (exact) mass is 262 g/mol. The molecule has 1 N–H and O–H groups in total. The molecule has 1 aromatic rings. The van der Waals surface area contributed by atoms with Crippen LogP contribution in [0.15, 0.2) is 39.0 Å². The molecule has 1 atom stereocenters. The van der Waals surface area contributed by atoms with Crippen LogP contribution in [-0.2, 0) is 11.1 Å². The molecule has 6 heteroatoms. The molecule has 0 fully saturated rings. The molecule has 70 valence electrons. The third kappa shape index (κ3) is 4.25. The molecule has 0 saturated heterocycles. The van der Waals surface area contributed by atoms with Crippen LogP contribution in [0.25, 0.3) is 0 Å². The molecule has 0 aliphatic heterocycles. The van der Waals surface area contributed by atoms with E-state index in [4.69, 9.17) is 4.55 Å². The fourth-order valence-corrected chi connectivity index (χ4v) is 1.09. The van der Waals surface area contributed by atoms with Gasteiger partial charge in [-0.15, -0.1) is 0 Å². The van der Waals surface area contributed by atoms with Crippen molar-refractivity contribution in [1.29, 1.82) is 0 Å². The van der Waals surface area contributed by atoms with Gasteiger partial charge in [0, 0.05) is 4.47 Å². The van der Waals surface area contributed by atoms with Gasteiger partial charge in [0.15, 0.2) is 17.0 Å². The van der Waals surface area contributed by atoms with Gasteiger partial charge in [0.2, 0.25) is 0 Å². The van der Waals surface area contributed by atoms with Gasteiger partial charge in [-0.1, -0.05) is 15.9 Å². The van der Waals surface area contributed by atoms with E-state index in [0.29, 0.717) is 5.69 Å².